The molecule has 0 aliphatic carbocycles. The highest BCUT2D eigenvalue weighted by molar-refractivity contribution is 5.78. The Kier molecular flexibility index (Phi) is 3.85. The Morgan fingerprint density at radius 2 is 1.96 bits per heavy atom. The summed E-state index contributed by atoms with van der Waals surface area (Å²) in [5.74, 6) is 0.788. The van der Waals surface area contributed by atoms with Gasteiger partial charge in [-0.05, 0) is 40.3 Å². The number of tetrazole rings is 1. The molecule has 0 fully saturated rings. The van der Waals surface area contributed by atoms with Gasteiger partial charge < -0.3 is 4.74 Å². The van der Waals surface area contributed by atoms with Crippen molar-refractivity contribution in [2.24, 2.45) is 0 Å². The lowest BCUT2D eigenvalue weighted by molar-refractivity contribution is 0.301. The fraction of sp³-hybridized carbons (Fsp3) is 0.111. The molecular formula is C18H14N5O. The summed E-state index contributed by atoms with van der Waals surface area (Å²) in [6, 6.07) is 19.9. The lowest BCUT2D eigenvalue weighted by atomic mass is 10.2. The van der Waals surface area contributed by atoms with Crippen molar-refractivity contribution in [1.82, 2.24) is 25.2 Å². The fourth-order valence-electron chi connectivity index (χ4n) is 2.48. The Morgan fingerprint density at radius 3 is 2.88 bits per heavy atom. The maximum Gasteiger partial charge on any atom is 0.221 e. The van der Waals surface area contributed by atoms with Gasteiger partial charge in [-0.25, -0.2) is 9.67 Å². The Morgan fingerprint density at radius 1 is 1.00 bits per heavy atom. The van der Waals surface area contributed by atoms with E-state index in [1.807, 2.05) is 54.6 Å². The summed E-state index contributed by atoms with van der Waals surface area (Å²) < 4.78 is 7.41. The number of nitrogens with zero attached hydrogens (tertiary/aromatic N) is 5. The van der Waals surface area contributed by atoms with Gasteiger partial charge in [0.25, 0.3) is 0 Å². The molecule has 6 heteroatoms. The van der Waals surface area contributed by atoms with Crippen molar-refractivity contribution in [3.63, 3.8) is 0 Å². The highest BCUT2D eigenvalue weighted by atomic mass is 16.5. The first-order valence-electron chi connectivity index (χ1n) is 7.57. The molecular weight excluding hydrogens is 302 g/mol. The minimum absolute atomic E-state index is 0.422. The van der Waals surface area contributed by atoms with Crippen LogP contribution in [0.15, 0.2) is 60.7 Å². The van der Waals surface area contributed by atoms with Crippen LogP contribution < -0.4 is 4.74 Å². The van der Waals surface area contributed by atoms with E-state index in [1.54, 1.807) is 4.68 Å². The van der Waals surface area contributed by atoms with Gasteiger partial charge in [0.1, 0.15) is 12.4 Å². The first-order chi connectivity index (χ1) is 11.9. The van der Waals surface area contributed by atoms with Crippen LogP contribution in [0.5, 0.6) is 5.75 Å². The Hall–Kier alpha value is -3.28. The first-order valence-corrected chi connectivity index (χ1v) is 7.57. The summed E-state index contributed by atoms with van der Waals surface area (Å²) in [6.45, 7) is 0.976. The molecule has 2 aromatic heterocycles. The second-order valence-electron chi connectivity index (χ2n) is 5.37. The van der Waals surface area contributed by atoms with E-state index >= 15 is 0 Å². The number of para-hydroxylation sites is 1. The average molecular weight is 316 g/mol. The van der Waals surface area contributed by atoms with Crippen LogP contribution in [0.4, 0.5) is 0 Å². The highest BCUT2D eigenvalue weighted by Crippen LogP contribution is 2.17. The summed E-state index contributed by atoms with van der Waals surface area (Å²) in [5, 5.41) is 12.0. The van der Waals surface area contributed by atoms with E-state index in [2.05, 4.69) is 32.9 Å². The van der Waals surface area contributed by atoms with Gasteiger partial charge >= 0.3 is 0 Å². The van der Waals surface area contributed by atoms with E-state index in [4.69, 9.17) is 4.74 Å². The number of benzene rings is 2. The topological polar surface area (TPSA) is 65.7 Å². The molecule has 117 valence electrons. The predicted octanol–water partition coefficient (Wildman–Crippen LogP) is 2.65. The van der Waals surface area contributed by atoms with E-state index in [9.17, 15) is 0 Å². The fourth-order valence-corrected chi connectivity index (χ4v) is 2.48. The van der Waals surface area contributed by atoms with Crippen LogP contribution >= 0.6 is 0 Å². The Balaban J connectivity index is 1.46. The average Bonchev–Trinajstić information content (AvgIpc) is 3.13. The molecule has 0 amide bonds. The van der Waals surface area contributed by atoms with Crippen molar-refractivity contribution in [1.29, 1.82) is 0 Å². The molecule has 0 saturated carbocycles. The van der Waals surface area contributed by atoms with Crippen LogP contribution in [0.3, 0.4) is 0 Å². The highest BCUT2D eigenvalue weighted by Gasteiger charge is 2.02. The van der Waals surface area contributed by atoms with Crippen molar-refractivity contribution in [3.8, 4) is 5.75 Å². The smallest absolute Gasteiger partial charge is 0.221 e. The van der Waals surface area contributed by atoms with Crippen LogP contribution in [-0.2, 0) is 13.2 Å². The molecule has 0 aliphatic heterocycles. The van der Waals surface area contributed by atoms with Crippen molar-refractivity contribution >= 4 is 10.9 Å². The number of rotatable bonds is 5. The van der Waals surface area contributed by atoms with Crippen LogP contribution in [0.1, 0.15) is 11.3 Å². The number of ether oxygens (including phenoxy) is 1. The van der Waals surface area contributed by atoms with Crippen LogP contribution in [0.25, 0.3) is 10.9 Å². The van der Waals surface area contributed by atoms with E-state index in [0.29, 0.717) is 13.2 Å². The number of hydrogen-bond donors (Lipinski definition) is 0. The number of fused-ring (bicyclic) bond motifs is 1. The van der Waals surface area contributed by atoms with E-state index < -0.39 is 0 Å². The quantitative estimate of drug-likeness (QED) is 0.566. The summed E-state index contributed by atoms with van der Waals surface area (Å²) in [4.78, 5) is 4.61. The zero-order valence-corrected chi connectivity index (χ0v) is 12.8. The zero-order valence-electron chi connectivity index (χ0n) is 12.8. The normalized spacial score (nSPS) is 10.8. The molecule has 24 heavy (non-hydrogen) atoms. The third-order valence-corrected chi connectivity index (χ3v) is 3.63. The minimum Gasteiger partial charge on any atom is -0.487 e. The Labute approximate surface area is 138 Å². The predicted molar refractivity (Wildman–Crippen MR) is 88.3 cm³/mol. The van der Waals surface area contributed by atoms with Gasteiger partial charge in [-0.3, -0.25) is 0 Å². The lowest BCUT2D eigenvalue weighted by Gasteiger charge is -2.08. The van der Waals surface area contributed by atoms with Crippen LogP contribution in [-0.4, -0.2) is 25.2 Å². The summed E-state index contributed by atoms with van der Waals surface area (Å²) >= 11 is 0. The van der Waals surface area contributed by atoms with E-state index in [1.165, 1.54) is 0 Å². The standard InChI is InChI=1S/C18H14N5O/c1-2-7-18-15(5-1)8-9-16(20-18)12-24-17-6-3-4-14(10-17)11-23-13-19-21-22-23/h1-10H,11-12H2. The SMILES string of the molecule is [c]1nnnn1Cc1cccc(OCc2ccc3ccccc3n2)c1. The summed E-state index contributed by atoms with van der Waals surface area (Å²) in [7, 11) is 0. The molecule has 0 bridgehead atoms. The van der Waals surface area contributed by atoms with Gasteiger partial charge in [-0.15, -0.1) is 5.10 Å². The minimum atomic E-state index is 0.422. The van der Waals surface area contributed by atoms with E-state index in [0.717, 1.165) is 27.9 Å². The number of aromatic nitrogens is 5. The molecule has 0 aliphatic rings. The molecule has 4 rings (SSSR count). The molecule has 0 unspecified atom stereocenters. The molecule has 2 heterocycles. The maximum atomic E-state index is 5.87. The monoisotopic (exact) mass is 316 g/mol. The molecule has 0 N–H and O–H groups in total. The maximum absolute atomic E-state index is 5.87. The second kappa shape index (κ2) is 6.45. The molecule has 2 aromatic carbocycles. The van der Waals surface area contributed by atoms with Gasteiger partial charge in [0, 0.05) is 5.39 Å². The second-order valence-corrected chi connectivity index (χ2v) is 5.37. The first kappa shape index (κ1) is 14.3. The number of hydrogen-bond acceptors (Lipinski definition) is 5. The summed E-state index contributed by atoms with van der Waals surface area (Å²) in [5.41, 5.74) is 2.91. The Bertz CT molecular complexity index is 952. The van der Waals surface area contributed by atoms with Crippen molar-refractivity contribution in [2.75, 3.05) is 0 Å². The van der Waals surface area contributed by atoms with Gasteiger partial charge in [-0.1, -0.05) is 36.4 Å². The molecule has 6 nitrogen and oxygen atoms in total. The molecule has 1 radical (unpaired) electrons. The van der Waals surface area contributed by atoms with Crippen molar-refractivity contribution in [3.05, 3.63) is 78.2 Å². The lowest BCUT2D eigenvalue weighted by Crippen LogP contribution is -2.02. The van der Waals surface area contributed by atoms with Gasteiger partial charge in [-0.2, -0.15) is 0 Å². The third-order valence-electron chi connectivity index (χ3n) is 3.63. The van der Waals surface area contributed by atoms with Gasteiger partial charge in [0.05, 0.1) is 17.8 Å². The molecule has 0 atom stereocenters. The van der Waals surface area contributed by atoms with E-state index in [-0.39, 0.29) is 0 Å². The zero-order chi connectivity index (χ0) is 16.2. The molecule has 4 aromatic rings. The number of pyridine rings is 1. The largest absolute Gasteiger partial charge is 0.487 e. The van der Waals surface area contributed by atoms with Gasteiger partial charge in [0.2, 0.25) is 6.33 Å². The molecule has 0 saturated heterocycles. The molecule has 0 spiro atoms. The third kappa shape index (κ3) is 3.22. The van der Waals surface area contributed by atoms with Crippen LogP contribution in [0, 0.1) is 6.33 Å². The van der Waals surface area contributed by atoms with Gasteiger partial charge in [0.15, 0.2) is 0 Å². The van der Waals surface area contributed by atoms with Crippen LogP contribution in [0.2, 0.25) is 0 Å². The van der Waals surface area contributed by atoms with Crippen molar-refractivity contribution in [2.45, 2.75) is 13.2 Å². The summed E-state index contributed by atoms with van der Waals surface area (Å²) in [6.07, 6.45) is 2.67. The van der Waals surface area contributed by atoms with Crippen molar-refractivity contribution < 1.29 is 4.74 Å².